The fraction of sp³-hybridized carbons (Fsp3) is 0.636. The number of rotatable bonds is 9. The highest BCUT2D eigenvalue weighted by Gasteiger charge is 2.40. The summed E-state index contributed by atoms with van der Waals surface area (Å²) in [4.78, 5) is 0. The van der Waals surface area contributed by atoms with E-state index in [1.807, 2.05) is 19.9 Å². The van der Waals surface area contributed by atoms with Crippen LogP contribution in [0.4, 0.5) is 0 Å². The van der Waals surface area contributed by atoms with E-state index in [-0.39, 0.29) is 5.41 Å². The van der Waals surface area contributed by atoms with Crippen molar-refractivity contribution in [2.24, 2.45) is 5.41 Å². The molecule has 0 spiro atoms. The Balaban J connectivity index is 2.49. The van der Waals surface area contributed by atoms with E-state index in [4.69, 9.17) is 15.5 Å². The molecular weight excluding hydrogens is 357 g/mol. The lowest BCUT2D eigenvalue weighted by molar-refractivity contribution is 0.0278. The van der Waals surface area contributed by atoms with Gasteiger partial charge in [-0.1, -0.05) is 55.2 Å². The van der Waals surface area contributed by atoms with Gasteiger partial charge in [0.1, 0.15) is 0 Å². The Bertz CT molecular complexity index is 650. The Morgan fingerprint density at radius 2 is 1.56 bits per heavy atom. The summed E-state index contributed by atoms with van der Waals surface area (Å²) in [5.74, 6) is 0. The smallest absolute Gasteiger partial charge is 0.291 e. The summed E-state index contributed by atoms with van der Waals surface area (Å²) in [6.45, 7) is 13.7. The Hall–Kier alpha value is -1.27. The quantitative estimate of drug-likeness (QED) is 0.194. The zero-order chi connectivity index (χ0) is 20.5. The van der Waals surface area contributed by atoms with Crippen molar-refractivity contribution in [3.05, 3.63) is 34.9 Å². The summed E-state index contributed by atoms with van der Waals surface area (Å²) in [5, 5.41) is 0. The zero-order valence-electron chi connectivity index (χ0n) is 17.9. The number of hydrogen-bond donors (Lipinski definition) is 0. The van der Waals surface area contributed by atoms with Crippen LogP contribution in [0.3, 0.4) is 0 Å². The van der Waals surface area contributed by atoms with Gasteiger partial charge < -0.3 is 0 Å². The molecule has 27 heavy (non-hydrogen) atoms. The van der Waals surface area contributed by atoms with Crippen molar-refractivity contribution >= 4 is 7.75 Å². The van der Waals surface area contributed by atoms with Crippen LogP contribution in [0.1, 0.15) is 67.2 Å². The van der Waals surface area contributed by atoms with Gasteiger partial charge in [-0.05, 0) is 53.4 Å². The maximum Gasteiger partial charge on any atom is 0.442 e. The van der Waals surface area contributed by atoms with E-state index in [0.29, 0.717) is 19.8 Å². The molecule has 1 heterocycles. The second kappa shape index (κ2) is 10.9. The molecule has 0 bridgehead atoms. The molecule has 0 unspecified atom stereocenters. The van der Waals surface area contributed by atoms with Gasteiger partial charge in [0.05, 0.1) is 19.8 Å². The first-order valence-corrected chi connectivity index (χ1v) is 11.2. The van der Waals surface area contributed by atoms with Gasteiger partial charge in [-0.2, -0.15) is 0 Å². The maximum absolute atomic E-state index is 12.8. The third-order valence-electron chi connectivity index (χ3n) is 4.42. The molecule has 4 nitrogen and oxygen atoms in total. The highest BCUT2D eigenvalue weighted by atomic mass is 31.2. The van der Waals surface area contributed by atoms with Crippen molar-refractivity contribution < 1.29 is 13.6 Å². The SMILES string of the molecule is C#CN(C/C=C(\C)CC/C=C(\C)CCC=C(C)C)P1(=O)OCC(C)(C)CO1. The Labute approximate surface area is 166 Å². The highest BCUT2D eigenvalue weighted by molar-refractivity contribution is 7.51. The van der Waals surface area contributed by atoms with Crippen molar-refractivity contribution in [2.75, 3.05) is 19.8 Å². The molecule has 0 aliphatic carbocycles. The van der Waals surface area contributed by atoms with Gasteiger partial charge in [-0.25, -0.2) is 9.24 Å². The first-order chi connectivity index (χ1) is 12.6. The van der Waals surface area contributed by atoms with Crippen LogP contribution in [0.15, 0.2) is 34.9 Å². The third kappa shape index (κ3) is 8.98. The number of hydrogen-bond acceptors (Lipinski definition) is 3. The molecule has 0 N–H and O–H groups in total. The first kappa shape index (κ1) is 23.8. The fourth-order valence-electron chi connectivity index (χ4n) is 2.54. The van der Waals surface area contributed by atoms with Crippen molar-refractivity contribution in [1.29, 1.82) is 0 Å². The Morgan fingerprint density at radius 3 is 2.07 bits per heavy atom. The van der Waals surface area contributed by atoms with E-state index < -0.39 is 7.75 Å². The monoisotopic (exact) mass is 393 g/mol. The minimum atomic E-state index is -3.39. The molecule has 1 fully saturated rings. The molecule has 152 valence electrons. The molecule has 0 saturated carbocycles. The molecule has 0 amide bonds. The van der Waals surface area contributed by atoms with Crippen LogP contribution >= 0.6 is 7.75 Å². The molecule has 1 aliphatic heterocycles. The maximum atomic E-state index is 12.8. The predicted octanol–water partition coefficient (Wildman–Crippen LogP) is 6.48. The van der Waals surface area contributed by atoms with E-state index in [9.17, 15) is 4.57 Å². The zero-order valence-corrected chi connectivity index (χ0v) is 18.8. The fourth-order valence-corrected chi connectivity index (χ4v) is 4.34. The van der Waals surface area contributed by atoms with Crippen molar-refractivity contribution in [3.63, 3.8) is 0 Å². The molecule has 0 aromatic rings. The second-order valence-electron chi connectivity index (χ2n) is 8.35. The lowest BCUT2D eigenvalue weighted by Crippen LogP contribution is -2.33. The molecule has 0 atom stereocenters. The van der Waals surface area contributed by atoms with Gasteiger partial charge in [-0.3, -0.25) is 9.05 Å². The second-order valence-corrected chi connectivity index (χ2v) is 10.3. The molecule has 0 radical (unpaired) electrons. The van der Waals surface area contributed by atoms with Gasteiger partial charge in [0.15, 0.2) is 0 Å². The lowest BCUT2D eigenvalue weighted by atomic mass is 9.97. The van der Waals surface area contributed by atoms with E-state index in [2.05, 4.69) is 45.9 Å². The van der Waals surface area contributed by atoms with Gasteiger partial charge >= 0.3 is 7.75 Å². The summed E-state index contributed by atoms with van der Waals surface area (Å²) < 4.78 is 25.2. The van der Waals surface area contributed by atoms with Crippen molar-refractivity contribution in [3.8, 4) is 12.5 Å². The Kier molecular flexibility index (Phi) is 9.60. The molecule has 0 aromatic heterocycles. The van der Waals surface area contributed by atoms with Crippen LogP contribution in [0.2, 0.25) is 0 Å². The molecule has 5 heteroatoms. The predicted molar refractivity (Wildman–Crippen MR) is 114 cm³/mol. The minimum absolute atomic E-state index is 0.143. The van der Waals surface area contributed by atoms with Crippen LogP contribution in [0.5, 0.6) is 0 Å². The highest BCUT2D eigenvalue weighted by Crippen LogP contribution is 2.56. The van der Waals surface area contributed by atoms with E-state index in [0.717, 1.165) is 25.7 Å². The number of terminal acetylenes is 1. The Morgan fingerprint density at radius 1 is 1.04 bits per heavy atom. The summed E-state index contributed by atoms with van der Waals surface area (Å²) in [7, 11) is -3.39. The summed E-state index contributed by atoms with van der Waals surface area (Å²) in [5.41, 5.74) is 3.86. The summed E-state index contributed by atoms with van der Waals surface area (Å²) >= 11 is 0. The van der Waals surface area contributed by atoms with Crippen LogP contribution in [-0.2, 0) is 13.6 Å². The van der Waals surface area contributed by atoms with Gasteiger partial charge in [0.25, 0.3) is 0 Å². The minimum Gasteiger partial charge on any atom is -0.291 e. The van der Waals surface area contributed by atoms with E-state index in [1.54, 1.807) is 0 Å². The standard InChI is InChI=1S/C22H36NO3P/c1-8-23(27(24)25-17-22(6,7)18-26-27)16-15-21(5)14-10-13-20(4)12-9-11-19(2)3/h1,11,13,15H,9-10,12,14,16-18H2,2-7H3/b20-13+,21-15+. The van der Waals surface area contributed by atoms with Gasteiger partial charge in [0, 0.05) is 11.5 Å². The number of nitrogens with zero attached hydrogens (tertiary/aromatic N) is 1. The van der Waals surface area contributed by atoms with Gasteiger partial charge in [0.2, 0.25) is 0 Å². The average Bonchev–Trinajstić information content (AvgIpc) is 2.58. The normalized spacial score (nSPS) is 19.3. The van der Waals surface area contributed by atoms with Crippen LogP contribution in [-0.4, -0.2) is 24.4 Å². The molecule has 1 saturated heterocycles. The molecule has 0 aromatic carbocycles. The topological polar surface area (TPSA) is 38.8 Å². The first-order valence-electron chi connectivity index (χ1n) is 9.66. The van der Waals surface area contributed by atoms with Crippen LogP contribution in [0.25, 0.3) is 0 Å². The summed E-state index contributed by atoms with van der Waals surface area (Å²) in [6.07, 6.45) is 16.3. The van der Waals surface area contributed by atoms with Crippen LogP contribution in [0, 0.1) is 17.9 Å². The van der Waals surface area contributed by atoms with E-state index >= 15 is 0 Å². The molecule has 1 aliphatic rings. The van der Waals surface area contributed by atoms with Crippen molar-refractivity contribution in [1.82, 2.24) is 4.67 Å². The largest absolute Gasteiger partial charge is 0.442 e. The van der Waals surface area contributed by atoms with Crippen molar-refractivity contribution in [2.45, 2.75) is 67.2 Å². The molecular formula is C22H36NO3P. The molecule has 1 rings (SSSR count). The lowest BCUT2D eigenvalue weighted by Gasteiger charge is -2.36. The third-order valence-corrected chi connectivity index (χ3v) is 6.20. The van der Waals surface area contributed by atoms with Crippen LogP contribution < -0.4 is 0 Å². The van der Waals surface area contributed by atoms with E-state index in [1.165, 1.54) is 21.4 Å². The average molecular weight is 394 g/mol. The summed E-state index contributed by atoms with van der Waals surface area (Å²) in [6, 6.07) is 2.46. The van der Waals surface area contributed by atoms with Gasteiger partial charge in [-0.15, -0.1) is 0 Å². The number of allylic oxidation sites excluding steroid dienone is 5.